The molecule has 1 N–H and O–H groups in total. The molecule has 104 valence electrons. The number of nitrogens with zero attached hydrogens (tertiary/aromatic N) is 2. The van der Waals surface area contributed by atoms with Gasteiger partial charge in [-0.2, -0.15) is 0 Å². The molecule has 0 fully saturated rings. The van der Waals surface area contributed by atoms with Gasteiger partial charge in [-0.25, -0.2) is 0 Å². The van der Waals surface area contributed by atoms with Crippen LogP contribution in [0, 0.1) is 0 Å². The number of halogens is 1. The fraction of sp³-hybridized carbons (Fsp3) is 0.250. The summed E-state index contributed by atoms with van der Waals surface area (Å²) in [5, 5.41) is 3.35. The van der Waals surface area contributed by atoms with Crippen LogP contribution in [0.3, 0.4) is 0 Å². The van der Waals surface area contributed by atoms with Gasteiger partial charge in [0, 0.05) is 30.8 Å². The first-order valence-electron chi connectivity index (χ1n) is 6.66. The SMILES string of the molecule is Cl.c1ccc(C(CC2=NCCN2)c2ccccn2)cc1. The maximum Gasteiger partial charge on any atom is 0.0974 e. The Morgan fingerprint density at radius 3 is 2.50 bits per heavy atom. The molecule has 1 aromatic carbocycles. The van der Waals surface area contributed by atoms with Crippen LogP contribution in [0.15, 0.2) is 59.7 Å². The molecule has 0 bridgehead atoms. The molecule has 0 spiro atoms. The molecule has 3 rings (SSSR count). The highest BCUT2D eigenvalue weighted by Gasteiger charge is 2.19. The van der Waals surface area contributed by atoms with Gasteiger partial charge < -0.3 is 5.32 Å². The first-order valence-corrected chi connectivity index (χ1v) is 6.66. The predicted octanol–water partition coefficient (Wildman–Crippen LogP) is 3.03. The average Bonchev–Trinajstić information content (AvgIpc) is 3.00. The summed E-state index contributed by atoms with van der Waals surface area (Å²) in [5.41, 5.74) is 2.39. The Balaban J connectivity index is 0.00000147. The Labute approximate surface area is 125 Å². The summed E-state index contributed by atoms with van der Waals surface area (Å²) in [6.45, 7) is 1.85. The zero-order valence-electron chi connectivity index (χ0n) is 11.2. The molecule has 0 aliphatic carbocycles. The number of aromatic nitrogens is 1. The van der Waals surface area contributed by atoms with Crippen LogP contribution in [0.25, 0.3) is 0 Å². The molecule has 1 unspecified atom stereocenters. The predicted molar refractivity (Wildman–Crippen MR) is 84.7 cm³/mol. The van der Waals surface area contributed by atoms with E-state index in [4.69, 9.17) is 0 Å². The molecule has 0 saturated carbocycles. The highest BCUT2D eigenvalue weighted by Crippen LogP contribution is 2.26. The Kier molecular flexibility index (Phi) is 5.13. The minimum absolute atomic E-state index is 0. The Morgan fingerprint density at radius 1 is 1.05 bits per heavy atom. The molecular weight excluding hydrogens is 270 g/mol. The van der Waals surface area contributed by atoms with Crippen LogP contribution in [0.1, 0.15) is 23.6 Å². The zero-order valence-corrected chi connectivity index (χ0v) is 12.0. The van der Waals surface area contributed by atoms with E-state index in [2.05, 4.69) is 45.6 Å². The van der Waals surface area contributed by atoms with Crippen molar-refractivity contribution >= 4 is 18.2 Å². The largest absolute Gasteiger partial charge is 0.372 e. The van der Waals surface area contributed by atoms with E-state index in [1.165, 1.54) is 5.56 Å². The van der Waals surface area contributed by atoms with Crippen molar-refractivity contribution in [2.24, 2.45) is 4.99 Å². The molecule has 0 saturated heterocycles. The minimum Gasteiger partial charge on any atom is -0.372 e. The second kappa shape index (κ2) is 7.06. The van der Waals surface area contributed by atoms with Gasteiger partial charge in [-0.05, 0) is 17.7 Å². The Hall–Kier alpha value is -1.87. The number of benzene rings is 1. The van der Waals surface area contributed by atoms with Crippen molar-refractivity contribution in [2.45, 2.75) is 12.3 Å². The number of aliphatic imine (C=N–C) groups is 1. The van der Waals surface area contributed by atoms with Gasteiger partial charge in [-0.1, -0.05) is 36.4 Å². The molecule has 3 nitrogen and oxygen atoms in total. The van der Waals surface area contributed by atoms with Crippen LogP contribution in [0.4, 0.5) is 0 Å². The topological polar surface area (TPSA) is 37.3 Å². The van der Waals surface area contributed by atoms with Gasteiger partial charge in [0.15, 0.2) is 0 Å². The van der Waals surface area contributed by atoms with Gasteiger partial charge >= 0.3 is 0 Å². The van der Waals surface area contributed by atoms with E-state index in [-0.39, 0.29) is 18.3 Å². The third-order valence-corrected chi connectivity index (χ3v) is 3.39. The first-order chi connectivity index (χ1) is 9.43. The molecule has 0 amide bonds. The molecule has 20 heavy (non-hydrogen) atoms. The van der Waals surface area contributed by atoms with Crippen molar-refractivity contribution in [3.8, 4) is 0 Å². The van der Waals surface area contributed by atoms with E-state index in [0.29, 0.717) is 0 Å². The summed E-state index contributed by atoms with van der Waals surface area (Å²) < 4.78 is 0. The third-order valence-electron chi connectivity index (χ3n) is 3.39. The van der Waals surface area contributed by atoms with Crippen molar-refractivity contribution in [1.29, 1.82) is 0 Å². The van der Waals surface area contributed by atoms with E-state index in [1.807, 2.05) is 24.4 Å². The smallest absolute Gasteiger partial charge is 0.0974 e. The third kappa shape index (κ3) is 3.36. The van der Waals surface area contributed by atoms with Gasteiger partial charge in [-0.3, -0.25) is 9.98 Å². The maximum atomic E-state index is 4.51. The summed E-state index contributed by atoms with van der Waals surface area (Å²) in [6, 6.07) is 16.6. The summed E-state index contributed by atoms with van der Waals surface area (Å²) >= 11 is 0. The summed E-state index contributed by atoms with van der Waals surface area (Å²) in [5.74, 6) is 1.37. The molecule has 4 heteroatoms. The number of rotatable bonds is 4. The summed E-state index contributed by atoms with van der Waals surface area (Å²) in [7, 11) is 0. The van der Waals surface area contributed by atoms with Crippen LogP contribution in [-0.4, -0.2) is 23.9 Å². The molecular formula is C16H18ClN3. The van der Waals surface area contributed by atoms with Crippen LogP contribution >= 0.6 is 12.4 Å². The molecule has 2 aromatic rings. The molecule has 1 aliphatic heterocycles. The number of amidine groups is 1. The standard InChI is InChI=1S/C16H17N3.ClH/c1-2-6-13(7-3-1)14(12-16-18-10-11-19-16)15-8-4-5-9-17-15;/h1-9,14H,10-12H2,(H,18,19);1H. The van der Waals surface area contributed by atoms with Gasteiger partial charge in [0.1, 0.15) is 0 Å². The van der Waals surface area contributed by atoms with Gasteiger partial charge in [0.25, 0.3) is 0 Å². The molecule has 1 atom stereocenters. The second-order valence-electron chi connectivity index (χ2n) is 4.68. The molecule has 1 aliphatic rings. The monoisotopic (exact) mass is 287 g/mol. The molecule has 1 aromatic heterocycles. The number of hydrogen-bond donors (Lipinski definition) is 1. The molecule has 2 heterocycles. The van der Waals surface area contributed by atoms with E-state index < -0.39 is 0 Å². The second-order valence-corrected chi connectivity index (χ2v) is 4.68. The normalized spacial score (nSPS) is 14.9. The lowest BCUT2D eigenvalue weighted by Gasteiger charge is -2.17. The molecule has 0 radical (unpaired) electrons. The van der Waals surface area contributed by atoms with Crippen LogP contribution in [0.5, 0.6) is 0 Å². The fourth-order valence-electron chi connectivity index (χ4n) is 2.44. The number of hydrogen-bond acceptors (Lipinski definition) is 3. The zero-order chi connectivity index (χ0) is 12.9. The quantitative estimate of drug-likeness (QED) is 0.938. The van der Waals surface area contributed by atoms with E-state index in [1.54, 1.807) is 0 Å². The van der Waals surface area contributed by atoms with Crippen LogP contribution in [0.2, 0.25) is 0 Å². The van der Waals surface area contributed by atoms with Crippen LogP contribution in [-0.2, 0) is 0 Å². The van der Waals surface area contributed by atoms with Gasteiger partial charge in [0.2, 0.25) is 0 Å². The lowest BCUT2D eigenvalue weighted by atomic mass is 9.91. The van der Waals surface area contributed by atoms with Gasteiger partial charge in [-0.15, -0.1) is 12.4 Å². The van der Waals surface area contributed by atoms with Crippen LogP contribution < -0.4 is 5.32 Å². The van der Waals surface area contributed by atoms with E-state index >= 15 is 0 Å². The number of nitrogens with one attached hydrogen (secondary N) is 1. The summed E-state index contributed by atoms with van der Waals surface area (Å²) in [4.78, 5) is 9.02. The summed E-state index contributed by atoms with van der Waals surface area (Å²) in [6.07, 6.45) is 2.75. The first kappa shape index (κ1) is 14.5. The lowest BCUT2D eigenvalue weighted by Crippen LogP contribution is -2.21. The Bertz CT molecular complexity index is 515. The fourth-order valence-corrected chi connectivity index (χ4v) is 2.44. The van der Waals surface area contributed by atoms with E-state index in [9.17, 15) is 0 Å². The van der Waals surface area contributed by atoms with E-state index in [0.717, 1.165) is 31.0 Å². The van der Waals surface area contributed by atoms with Gasteiger partial charge in [0.05, 0.1) is 12.4 Å². The van der Waals surface area contributed by atoms with Crippen molar-refractivity contribution in [1.82, 2.24) is 10.3 Å². The van der Waals surface area contributed by atoms with Crippen molar-refractivity contribution in [3.05, 3.63) is 66.0 Å². The average molecular weight is 288 g/mol. The number of pyridine rings is 1. The maximum absolute atomic E-state index is 4.51. The highest BCUT2D eigenvalue weighted by atomic mass is 35.5. The highest BCUT2D eigenvalue weighted by molar-refractivity contribution is 5.85. The van der Waals surface area contributed by atoms with Crippen molar-refractivity contribution in [2.75, 3.05) is 13.1 Å². The Morgan fingerprint density at radius 2 is 1.85 bits per heavy atom. The minimum atomic E-state index is 0. The van der Waals surface area contributed by atoms with Crippen molar-refractivity contribution in [3.63, 3.8) is 0 Å². The lowest BCUT2D eigenvalue weighted by molar-refractivity contribution is 0.801. The van der Waals surface area contributed by atoms with Crippen molar-refractivity contribution < 1.29 is 0 Å².